The van der Waals surface area contributed by atoms with Crippen LogP contribution in [-0.2, 0) is 11.3 Å². The molecule has 0 aliphatic heterocycles. The summed E-state index contributed by atoms with van der Waals surface area (Å²) in [6.45, 7) is 7.45. The van der Waals surface area contributed by atoms with Gasteiger partial charge in [-0.15, -0.1) is 11.3 Å². The van der Waals surface area contributed by atoms with Crippen LogP contribution in [0.25, 0.3) is 0 Å². The number of ether oxygens (including phenoxy) is 1. The fourth-order valence-corrected chi connectivity index (χ4v) is 2.69. The second-order valence-corrected chi connectivity index (χ2v) is 5.13. The van der Waals surface area contributed by atoms with Gasteiger partial charge in [0.2, 0.25) is 0 Å². The van der Waals surface area contributed by atoms with Crippen molar-refractivity contribution in [2.24, 2.45) is 5.73 Å². The van der Waals surface area contributed by atoms with E-state index in [1.165, 1.54) is 4.88 Å². The van der Waals surface area contributed by atoms with Crippen LogP contribution in [0.3, 0.4) is 0 Å². The van der Waals surface area contributed by atoms with Crippen LogP contribution in [0.15, 0.2) is 11.4 Å². The van der Waals surface area contributed by atoms with Crippen molar-refractivity contribution in [1.82, 2.24) is 4.90 Å². The summed E-state index contributed by atoms with van der Waals surface area (Å²) in [5, 5.41) is 2.09. The Kier molecular flexibility index (Phi) is 6.99. The lowest BCUT2D eigenvalue weighted by atomic mass is 10.2. The zero-order chi connectivity index (χ0) is 13.4. The Morgan fingerprint density at radius 3 is 2.94 bits per heavy atom. The van der Waals surface area contributed by atoms with Crippen LogP contribution in [0, 0.1) is 11.8 Å². The first-order valence-electron chi connectivity index (χ1n) is 6.21. The van der Waals surface area contributed by atoms with Crippen LogP contribution < -0.4 is 5.73 Å². The lowest BCUT2D eigenvalue weighted by Gasteiger charge is -2.26. The van der Waals surface area contributed by atoms with Gasteiger partial charge in [-0.2, -0.15) is 0 Å². The third kappa shape index (κ3) is 4.43. The molecule has 0 aliphatic rings. The molecular formula is C14H22N2OS. The molecule has 1 aromatic rings. The summed E-state index contributed by atoms with van der Waals surface area (Å²) >= 11 is 1.75. The SMILES string of the molecule is CCN(Cc1sccc1C#CCN)C(C)COC. The van der Waals surface area contributed by atoms with E-state index < -0.39 is 0 Å². The number of hydrogen-bond acceptors (Lipinski definition) is 4. The number of rotatable bonds is 6. The molecule has 1 atom stereocenters. The molecule has 1 heterocycles. The summed E-state index contributed by atoms with van der Waals surface area (Å²) in [5.74, 6) is 6.05. The Morgan fingerprint density at radius 2 is 2.33 bits per heavy atom. The van der Waals surface area contributed by atoms with Gasteiger partial charge in [-0.25, -0.2) is 0 Å². The van der Waals surface area contributed by atoms with E-state index >= 15 is 0 Å². The molecule has 0 fully saturated rings. The van der Waals surface area contributed by atoms with Crippen molar-refractivity contribution < 1.29 is 4.74 Å². The number of methoxy groups -OCH3 is 1. The summed E-state index contributed by atoms with van der Waals surface area (Å²) in [7, 11) is 1.74. The number of likely N-dealkylation sites (N-methyl/N-ethyl adjacent to an activating group) is 1. The minimum absolute atomic E-state index is 0.410. The van der Waals surface area contributed by atoms with Gasteiger partial charge >= 0.3 is 0 Å². The van der Waals surface area contributed by atoms with Gasteiger partial charge in [0.1, 0.15) is 0 Å². The van der Waals surface area contributed by atoms with Crippen LogP contribution in [0.1, 0.15) is 24.3 Å². The van der Waals surface area contributed by atoms with Crippen LogP contribution >= 0.6 is 11.3 Å². The van der Waals surface area contributed by atoms with Crippen molar-refractivity contribution >= 4 is 11.3 Å². The van der Waals surface area contributed by atoms with Gasteiger partial charge in [-0.1, -0.05) is 18.8 Å². The Labute approximate surface area is 114 Å². The first-order chi connectivity index (χ1) is 8.72. The quantitative estimate of drug-likeness (QED) is 0.799. The first-order valence-corrected chi connectivity index (χ1v) is 7.09. The number of thiophene rings is 1. The summed E-state index contributed by atoms with van der Waals surface area (Å²) in [6.07, 6.45) is 0. The van der Waals surface area contributed by atoms with Gasteiger partial charge in [0.25, 0.3) is 0 Å². The van der Waals surface area contributed by atoms with Crippen molar-refractivity contribution in [3.05, 3.63) is 21.9 Å². The Hall–Kier alpha value is -0.860. The van der Waals surface area contributed by atoms with E-state index in [1.54, 1.807) is 18.4 Å². The third-order valence-electron chi connectivity index (χ3n) is 2.85. The fraction of sp³-hybridized carbons (Fsp3) is 0.571. The maximum absolute atomic E-state index is 5.41. The monoisotopic (exact) mass is 266 g/mol. The normalized spacial score (nSPS) is 12.3. The molecule has 0 spiro atoms. The molecule has 1 unspecified atom stereocenters. The van der Waals surface area contributed by atoms with Crippen molar-refractivity contribution in [3.63, 3.8) is 0 Å². The highest BCUT2D eigenvalue weighted by Crippen LogP contribution is 2.19. The zero-order valence-corrected chi connectivity index (χ0v) is 12.2. The molecule has 1 aromatic heterocycles. The average Bonchev–Trinajstić information content (AvgIpc) is 2.80. The van der Waals surface area contributed by atoms with Crippen LogP contribution in [0.4, 0.5) is 0 Å². The van der Waals surface area contributed by atoms with Crippen molar-refractivity contribution in [2.75, 3.05) is 26.8 Å². The standard InChI is InChI=1S/C14H22N2OS/c1-4-16(12(2)11-17-3)10-14-13(6-5-8-15)7-9-18-14/h7,9,12H,4,8,10-11,15H2,1-3H3. The molecule has 100 valence electrons. The molecule has 0 aromatic carbocycles. The van der Waals surface area contributed by atoms with E-state index in [2.05, 4.69) is 42.0 Å². The molecule has 4 heteroatoms. The van der Waals surface area contributed by atoms with E-state index in [0.717, 1.165) is 25.3 Å². The van der Waals surface area contributed by atoms with Crippen molar-refractivity contribution in [1.29, 1.82) is 0 Å². The molecular weight excluding hydrogens is 244 g/mol. The van der Waals surface area contributed by atoms with Crippen LogP contribution in [0.5, 0.6) is 0 Å². The average molecular weight is 266 g/mol. The van der Waals surface area contributed by atoms with E-state index in [9.17, 15) is 0 Å². The highest BCUT2D eigenvalue weighted by Gasteiger charge is 2.14. The van der Waals surface area contributed by atoms with E-state index in [1.807, 2.05) is 0 Å². The van der Waals surface area contributed by atoms with Gasteiger partial charge in [-0.3, -0.25) is 4.90 Å². The fourth-order valence-electron chi connectivity index (χ4n) is 1.83. The molecule has 3 nitrogen and oxygen atoms in total. The van der Waals surface area contributed by atoms with Crippen LogP contribution in [-0.4, -0.2) is 37.7 Å². The highest BCUT2D eigenvalue weighted by atomic mass is 32.1. The molecule has 18 heavy (non-hydrogen) atoms. The first kappa shape index (κ1) is 15.2. The maximum atomic E-state index is 5.41. The second kappa shape index (κ2) is 8.28. The molecule has 0 bridgehead atoms. The van der Waals surface area contributed by atoms with Gasteiger partial charge < -0.3 is 10.5 Å². The minimum atomic E-state index is 0.410. The minimum Gasteiger partial charge on any atom is -0.383 e. The zero-order valence-electron chi connectivity index (χ0n) is 11.4. The van der Waals surface area contributed by atoms with Crippen molar-refractivity contribution in [2.45, 2.75) is 26.4 Å². The Balaban J connectivity index is 2.72. The molecule has 0 radical (unpaired) electrons. The molecule has 0 saturated heterocycles. The third-order valence-corrected chi connectivity index (χ3v) is 3.76. The molecule has 0 aliphatic carbocycles. The lowest BCUT2D eigenvalue weighted by Crippen LogP contribution is -2.35. The number of nitrogens with zero attached hydrogens (tertiary/aromatic N) is 1. The largest absolute Gasteiger partial charge is 0.383 e. The maximum Gasteiger partial charge on any atom is 0.0615 e. The second-order valence-electron chi connectivity index (χ2n) is 4.13. The number of hydrogen-bond donors (Lipinski definition) is 1. The molecule has 2 N–H and O–H groups in total. The van der Waals surface area contributed by atoms with E-state index in [4.69, 9.17) is 10.5 Å². The van der Waals surface area contributed by atoms with E-state index in [0.29, 0.717) is 12.6 Å². The lowest BCUT2D eigenvalue weighted by molar-refractivity contribution is 0.0988. The predicted octanol–water partition coefficient (Wildman–Crippen LogP) is 1.92. The summed E-state index contributed by atoms with van der Waals surface area (Å²) in [5.41, 5.74) is 6.52. The van der Waals surface area contributed by atoms with Gasteiger partial charge in [-0.05, 0) is 24.9 Å². The Morgan fingerprint density at radius 1 is 1.56 bits per heavy atom. The topological polar surface area (TPSA) is 38.5 Å². The molecule has 1 rings (SSSR count). The predicted molar refractivity (Wildman–Crippen MR) is 77.7 cm³/mol. The molecule has 0 amide bonds. The number of nitrogens with two attached hydrogens (primary N) is 1. The summed E-state index contributed by atoms with van der Waals surface area (Å²) in [4.78, 5) is 3.70. The Bertz CT molecular complexity index is 405. The molecule has 0 saturated carbocycles. The smallest absolute Gasteiger partial charge is 0.0615 e. The van der Waals surface area contributed by atoms with Gasteiger partial charge in [0.15, 0.2) is 0 Å². The van der Waals surface area contributed by atoms with Crippen LogP contribution in [0.2, 0.25) is 0 Å². The summed E-state index contributed by atoms with van der Waals surface area (Å²) < 4.78 is 5.22. The van der Waals surface area contributed by atoms with Gasteiger partial charge in [0.05, 0.1) is 13.2 Å². The highest BCUT2D eigenvalue weighted by molar-refractivity contribution is 7.10. The summed E-state index contributed by atoms with van der Waals surface area (Å²) in [6, 6.07) is 2.48. The van der Waals surface area contributed by atoms with E-state index in [-0.39, 0.29) is 0 Å². The van der Waals surface area contributed by atoms with Gasteiger partial charge in [0, 0.05) is 30.1 Å². The van der Waals surface area contributed by atoms with Crippen molar-refractivity contribution in [3.8, 4) is 11.8 Å².